The molecule has 0 spiro atoms. The van der Waals surface area contributed by atoms with Crippen LogP contribution in [-0.2, 0) is 0 Å². The van der Waals surface area contributed by atoms with E-state index in [4.69, 9.17) is 5.73 Å². The third kappa shape index (κ3) is 4.64. The minimum atomic E-state index is 0. The van der Waals surface area contributed by atoms with E-state index >= 15 is 0 Å². The molecule has 0 aromatic carbocycles. The lowest BCUT2D eigenvalue weighted by atomic mass is 9.81. The van der Waals surface area contributed by atoms with Crippen molar-refractivity contribution in [3.05, 3.63) is 0 Å². The first kappa shape index (κ1) is 15.1. The van der Waals surface area contributed by atoms with E-state index in [0.29, 0.717) is 11.9 Å². The molecule has 17 heavy (non-hydrogen) atoms. The second kappa shape index (κ2) is 6.81. The third-order valence-corrected chi connectivity index (χ3v) is 3.90. The van der Waals surface area contributed by atoms with Crippen molar-refractivity contribution in [3.63, 3.8) is 0 Å². The average Bonchev–Trinajstić information content (AvgIpc) is 2.88. The van der Waals surface area contributed by atoms with Crippen molar-refractivity contribution >= 4 is 29.9 Å². The number of nitrogens with two attached hydrogens (primary N) is 1. The molecule has 3 nitrogen and oxygen atoms in total. The van der Waals surface area contributed by atoms with Crippen LogP contribution in [0.5, 0.6) is 0 Å². The smallest absolute Gasteiger partial charge is 0.188 e. The molecule has 2 aliphatic carbocycles. The van der Waals surface area contributed by atoms with Crippen LogP contribution in [0, 0.1) is 23.7 Å². The fraction of sp³-hybridized carbons (Fsp3) is 0.923. The lowest BCUT2D eigenvalue weighted by Gasteiger charge is -2.25. The highest BCUT2D eigenvalue weighted by atomic mass is 127. The van der Waals surface area contributed by atoms with Crippen molar-refractivity contribution in [2.75, 3.05) is 13.1 Å². The molecule has 0 aromatic rings. The number of nitrogens with zero attached hydrogens (tertiary/aromatic N) is 1. The second-order valence-electron chi connectivity index (χ2n) is 5.85. The van der Waals surface area contributed by atoms with Gasteiger partial charge in [-0.25, -0.2) is 0 Å². The predicted octanol–water partition coefficient (Wildman–Crippen LogP) is 2.60. The van der Waals surface area contributed by atoms with Gasteiger partial charge >= 0.3 is 0 Å². The highest BCUT2D eigenvalue weighted by Gasteiger charge is 2.44. The van der Waals surface area contributed by atoms with E-state index in [-0.39, 0.29) is 24.0 Å². The fourth-order valence-corrected chi connectivity index (χ4v) is 2.52. The Morgan fingerprint density at radius 3 is 2.65 bits per heavy atom. The van der Waals surface area contributed by atoms with Crippen LogP contribution in [0.25, 0.3) is 0 Å². The molecule has 2 fully saturated rings. The predicted molar refractivity (Wildman–Crippen MR) is 83.7 cm³/mol. The lowest BCUT2D eigenvalue weighted by molar-refractivity contribution is 0.265. The highest BCUT2D eigenvalue weighted by molar-refractivity contribution is 14.0. The number of aliphatic imine (C=N–C) groups is 1. The number of rotatable bonds is 5. The number of guanidine groups is 1. The first-order chi connectivity index (χ1) is 7.66. The van der Waals surface area contributed by atoms with Gasteiger partial charge in [0.2, 0.25) is 0 Å². The first-order valence-electron chi connectivity index (χ1n) is 6.70. The van der Waals surface area contributed by atoms with Crippen LogP contribution in [-0.4, -0.2) is 19.0 Å². The summed E-state index contributed by atoms with van der Waals surface area (Å²) in [5, 5.41) is 3.26. The van der Waals surface area contributed by atoms with Crippen LogP contribution >= 0.6 is 24.0 Å². The standard InChI is InChI=1S/C13H25N3.HI/c1-9(2)7-15-13(14)16-8-11-6-12(11)10-4-3-5-10;/h9-12H,3-8H2,1-2H3,(H3,14,15,16);1H/t11-,12-;/m0./s1. The van der Waals surface area contributed by atoms with Crippen molar-refractivity contribution < 1.29 is 0 Å². The van der Waals surface area contributed by atoms with Gasteiger partial charge in [0.25, 0.3) is 0 Å². The number of nitrogens with one attached hydrogen (secondary N) is 1. The number of hydrogen-bond donors (Lipinski definition) is 2. The van der Waals surface area contributed by atoms with E-state index in [1.165, 1.54) is 25.7 Å². The normalized spacial score (nSPS) is 28.5. The molecule has 2 rings (SSSR count). The van der Waals surface area contributed by atoms with E-state index in [9.17, 15) is 0 Å². The molecular weight excluding hydrogens is 325 g/mol. The summed E-state index contributed by atoms with van der Waals surface area (Å²) in [5.41, 5.74) is 5.80. The van der Waals surface area contributed by atoms with Crippen LogP contribution in [0.2, 0.25) is 0 Å². The summed E-state index contributed by atoms with van der Waals surface area (Å²) in [7, 11) is 0. The van der Waals surface area contributed by atoms with Gasteiger partial charge in [0, 0.05) is 13.1 Å². The van der Waals surface area contributed by atoms with Gasteiger partial charge < -0.3 is 11.1 Å². The Morgan fingerprint density at radius 1 is 1.41 bits per heavy atom. The zero-order valence-electron chi connectivity index (χ0n) is 11.0. The summed E-state index contributed by atoms with van der Waals surface area (Å²) in [4.78, 5) is 4.31. The summed E-state index contributed by atoms with van der Waals surface area (Å²) < 4.78 is 0. The molecule has 0 aromatic heterocycles. The molecular formula is C13H26IN3. The summed E-state index contributed by atoms with van der Waals surface area (Å²) in [6.07, 6.45) is 5.81. The molecule has 0 bridgehead atoms. The largest absolute Gasteiger partial charge is 0.370 e. The van der Waals surface area contributed by atoms with Crippen molar-refractivity contribution in [3.8, 4) is 0 Å². The molecule has 0 heterocycles. The minimum Gasteiger partial charge on any atom is -0.370 e. The fourth-order valence-electron chi connectivity index (χ4n) is 2.52. The Labute approximate surface area is 122 Å². The zero-order chi connectivity index (χ0) is 11.5. The number of hydrogen-bond acceptors (Lipinski definition) is 1. The van der Waals surface area contributed by atoms with Crippen molar-refractivity contribution in [2.45, 2.75) is 39.5 Å². The van der Waals surface area contributed by atoms with Crippen LogP contribution < -0.4 is 11.1 Å². The van der Waals surface area contributed by atoms with Gasteiger partial charge in [0.1, 0.15) is 0 Å². The topological polar surface area (TPSA) is 50.4 Å². The molecule has 4 heteroatoms. The van der Waals surface area contributed by atoms with E-state index in [1.54, 1.807) is 0 Å². The summed E-state index contributed by atoms with van der Waals surface area (Å²) in [6, 6.07) is 0. The lowest BCUT2D eigenvalue weighted by Crippen LogP contribution is -2.34. The van der Waals surface area contributed by atoms with Crippen molar-refractivity contribution in [1.82, 2.24) is 5.32 Å². The van der Waals surface area contributed by atoms with Gasteiger partial charge in [-0.05, 0) is 30.1 Å². The molecule has 0 unspecified atom stereocenters. The molecule has 100 valence electrons. The van der Waals surface area contributed by atoms with E-state index < -0.39 is 0 Å². The first-order valence-corrected chi connectivity index (χ1v) is 6.70. The maximum Gasteiger partial charge on any atom is 0.188 e. The monoisotopic (exact) mass is 351 g/mol. The Kier molecular flexibility index (Phi) is 6.03. The van der Waals surface area contributed by atoms with Crippen molar-refractivity contribution in [1.29, 1.82) is 0 Å². The minimum absolute atomic E-state index is 0. The van der Waals surface area contributed by atoms with Crippen LogP contribution in [0.4, 0.5) is 0 Å². The zero-order valence-corrected chi connectivity index (χ0v) is 13.3. The molecule has 0 radical (unpaired) electrons. The molecule has 2 atom stereocenters. The van der Waals surface area contributed by atoms with E-state index in [0.717, 1.165) is 30.8 Å². The van der Waals surface area contributed by atoms with Gasteiger partial charge in [0.05, 0.1) is 0 Å². The molecule has 2 saturated carbocycles. The second-order valence-corrected chi connectivity index (χ2v) is 5.85. The maximum absolute atomic E-state index is 5.80. The SMILES string of the molecule is CC(C)CN=C(N)NC[C@@H]1C[C@H]1C1CCC1.I. The molecule has 3 N–H and O–H groups in total. The molecule has 0 saturated heterocycles. The van der Waals surface area contributed by atoms with E-state index in [1.807, 2.05) is 0 Å². The maximum atomic E-state index is 5.80. The van der Waals surface area contributed by atoms with Gasteiger partial charge in [0.15, 0.2) is 5.96 Å². The highest BCUT2D eigenvalue weighted by Crippen LogP contribution is 2.51. The van der Waals surface area contributed by atoms with Gasteiger partial charge in [-0.1, -0.05) is 33.1 Å². The molecule has 0 amide bonds. The number of halogens is 1. The van der Waals surface area contributed by atoms with Crippen LogP contribution in [0.15, 0.2) is 4.99 Å². The Bertz CT molecular complexity index is 261. The Hall–Kier alpha value is 0. The molecule has 2 aliphatic rings. The Balaban J connectivity index is 0.00000144. The van der Waals surface area contributed by atoms with E-state index in [2.05, 4.69) is 24.2 Å². The summed E-state index contributed by atoms with van der Waals surface area (Å²) in [5.74, 6) is 4.13. The van der Waals surface area contributed by atoms with Crippen molar-refractivity contribution in [2.24, 2.45) is 34.4 Å². The van der Waals surface area contributed by atoms with Crippen LogP contribution in [0.1, 0.15) is 39.5 Å². The van der Waals surface area contributed by atoms with Gasteiger partial charge in [-0.3, -0.25) is 4.99 Å². The average molecular weight is 351 g/mol. The summed E-state index contributed by atoms with van der Waals surface area (Å²) in [6.45, 7) is 6.18. The summed E-state index contributed by atoms with van der Waals surface area (Å²) >= 11 is 0. The third-order valence-electron chi connectivity index (χ3n) is 3.90. The Morgan fingerprint density at radius 2 is 2.12 bits per heavy atom. The van der Waals surface area contributed by atoms with Gasteiger partial charge in [-0.15, -0.1) is 24.0 Å². The quantitative estimate of drug-likeness (QED) is 0.455. The molecule has 0 aliphatic heterocycles. The van der Waals surface area contributed by atoms with Crippen LogP contribution in [0.3, 0.4) is 0 Å². The van der Waals surface area contributed by atoms with Gasteiger partial charge in [-0.2, -0.15) is 0 Å².